The average Bonchev–Trinajstić information content (AvgIpc) is 2.70. The topological polar surface area (TPSA) is 124 Å². The zero-order valence-electron chi connectivity index (χ0n) is 15.8. The molecular weight excluding hydrogens is 412 g/mol. The van der Waals surface area contributed by atoms with Crippen molar-refractivity contribution >= 4 is 23.4 Å². The number of hydrogen-bond acceptors (Lipinski definition) is 8. The molecule has 4 N–H and O–H groups in total. The standard InChI is InChI=1S/C18H18F4N4O4/c1-25-7-11(13(23)15(19)20)17(27)29-9-3-5-10(6-4-9)30-18(28)12(8-26-2)14(24)16(21)22/h3-8,15-16,23-26H,1-2H3/b11-7+,12-8+,23-13?,24-14?. The molecule has 0 aliphatic carbocycles. The van der Waals surface area contributed by atoms with Gasteiger partial charge >= 0.3 is 11.9 Å². The van der Waals surface area contributed by atoms with Crippen molar-refractivity contribution in [3.8, 4) is 11.5 Å². The van der Waals surface area contributed by atoms with Crippen molar-refractivity contribution in [1.29, 1.82) is 10.8 Å². The molecule has 30 heavy (non-hydrogen) atoms. The number of rotatable bonds is 10. The first-order valence-electron chi connectivity index (χ1n) is 8.15. The number of hydrogen-bond donors (Lipinski definition) is 4. The molecule has 0 saturated heterocycles. The van der Waals surface area contributed by atoms with Gasteiger partial charge in [-0.25, -0.2) is 27.2 Å². The predicted molar refractivity (Wildman–Crippen MR) is 99.5 cm³/mol. The van der Waals surface area contributed by atoms with Crippen LogP contribution in [0.15, 0.2) is 47.8 Å². The number of benzene rings is 1. The highest BCUT2D eigenvalue weighted by Crippen LogP contribution is 2.20. The van der Waals surface area contributed by atoms with E-state index in [2.05, 4.69) is 10.6 Å². The first-order valence-corrected chi connectivity index (χ1v) is 8.15. The van der Waals surface area contributed by atoms with Gasteiger partial charge in [0.25, 0.3) is 12.9 Å². The van der Waals surface area contributed by atoms with E-state index in [-0.39, 0.29) is 11.5 Å². The molecule has 0 heterocycles. The second kappa shape index (κ2) is 11.3. The van der Waals surface area contributed by atoms with Crippen LogP contribution in [0.5, 0.6) is 11.5 Å². The van der Waals surface area contributed by atoms with Crippen LogP contribution in [-0.2, 0) is 9.59 Å². The van der Waals surface area contributed by atoms with Crippen molar-refractivity contribution in [2.24, 2.45) is 0 Å². The highest BCUT2D eigenvalue weighted by Gasteiger charge is 2.25. The Morgan fingerprint density at radius 2 is 1.10 bits per heavy atom. The molecule has 8 nitrogen and oxygen atoms in total. The molecule has 0 fully saturated rings. The Balaban J connectivity index is 2.91. The van der Waals surface area contributed by atoms with Gasteiger partial charge in [-0.3, -0.25) is 10.8 Å². The maximum Gasteiger partial charge on any atom is 0.347 e. The normalized spacial score (nSPS) is 11.9. The van der Waals surface area contributed by atoms with E-state index in [1.54, 1.807) is 0 Å². The number of halogens is 4. The lowest BCUT2D eigenvalue weighted by Gasteiger charge is -2.11. The van der Waals surface area contributed by atoms with Crippen LogP contribution in [0, 0.1) is 10.8 Å². The molecule has 162 valence electrons. The van der Waals surface area contributed by atoms with E-state index in [4.69, 9.17) is 20.3 Å². The van der Waals surface area contributed by atoms with Crippen molar-refractivity contribution < 1.29 is 36.6 Å². The van der Waals surface area contributed by atoms with Gasteiger partial charge in [-0.1, -0.05) is 0 Å². The Morgan fingerprint density at radius 3 is 1.33 bits per heavy atom. The summed E-state index contributed by atoms with van der Waals surface area (Å²) in [5.74, 6) is -2.67. The lowest BCUT2D eigenvalue weighted by molar-refractivity contribution is -0.130. The fourth-order valence-corrected chi connectivity index (χ4v) is 1.92. The lowest BCUT2D eigenvalue weighted by atomic mass is 10.1. The van der Waals surface area contributed by atoms with Crippen molar-refractivity contribution in [3.63, 3.8) is 0 Å². The molecule has 0 aromatic heterocycles. The zero-order chi connectivity index (χ0) is 22.8. The molecule has 0 aliphatic heterocycles. The molecular formula is C18H18F4N4O4. The number of esters is 2. The van der Waals surface area contributed by atoms with E-state index in [0.717, 1.165) is 36.7 Å². The summed E-state index contributed by atoms with van der Waals surface area (Å²) in [6.07, 6.45) is -4.60. The minimum absolute atomic E-state index is 0.116. The van der Waals surface area contributed by atoms with E-state index in [9.17, 15) is 27.2 Å². The Hall–Kier alpha value is -3.70. The molecule has 1 aromatic carbocycles. The molecule has 0 radical (unpaired) electrons. The van der Waals surface area contributed by atoms with Gasteiger partial charge in [0.2, 0.25) is 0 Å². The average molecular weight is 430 g/mol. The van der Waals surface area contributed by atoms with E-state index < -0.39 is 47.4 Å². The summed E-state index contributed by atoms with van der Waals surface area (Å²) < 4.78 is 60.5. The fourth-order valence-electron chi connectivity index (χ4n) is 1.92. The third-order valence-electron chi connectivity index (χ3n) is 3.28. The molecule has 0 bridgehead atoms. The summed E-state index contributed by atoms with van der Waals surface area (Å²) in [5.41, 5.74) is -3.83. The molecule has 0 unspecified atom stereocenters. The second-order valence-electron chi connectivity index (χ2n) is 5.37. The Kier molecular flexibility index (Phi) is 9.20. The quantitative estimate of drug-likeness (QED) is 0.148. The van der Waals surface area contributed by atoms with E-state index in [1.165, 1.54) is 14.1 Å². The first-order chi connectivity index (χ1) is 14.1. The number of nitrogens with one attached hydrogen (secondary N) is 4. The summed E-state index contributed by atoms with van der Waals surface area (Å²) in [4.78, 5) is 24.0. The van der Waals surface area contributed by atoms with Crippen molar-refractivity contribution in [3.05, 3.63) is 47.8 Å². The van der Waals surface area contributed by atoms with Crippen LogP contribution in [0.25, 0.3) is 0 Å². The molecule has 0 amide bonds. The minimum atomic E-state index is -3.19. The highest BCUT2D eigenvalue weighted by atomic mass is 19.3. The van der Waals surface area contributed by atoms with Gasteiger partial charge in [-0.15, -0.1) is 0 Å². The molecule has 0 saturated carbocycles. The predicted octanol–water partition coefficient (Wildman–Crippen LogP) is 2.27. The van der Waals surface area contributed by atoms with Gasteiger partial charge in [0, 0.05) is 26.5 Å². The maximum absolute atomic E-state index is 12.7. The van der Waals surface area contributed by atoms with Crippen molar-refractivity contribution in [2.45, 2.75) is 12.9 Å². The lowest BCUT2D eigenvalue weighted by Crippen LogP contribution is -2.24. The van der Waals surface area contributed by atoms with Crippen LogP contribution in [-0.4, -0.2) is 50.3 Å². The molecule has 0 spiro atoms. The second-order valence-corrected chi connectivity index (χ2v) is 5.37. The van der Waals surface area contributed by atoms with Crippen LogP contribution in [0.3, 0.4) is 0 Å². The summed E-state index contributed by atoms with van der Waals surface area (Å²) in [6.45, 7) is 0. The van der Waals surface area contributed by atoms with Crippen LogP contribution >= 0.6 is 0 Å². The van der Waals surface area contributed by atoms with E-state index in [0.29, 0.717) is 0 Å². The van der Waals surface area contributed by atoms with Gasteiger partial charge < -0.3 is 20.1 Å². The monoisotopic (exact) mass is 430 g/mol. The largest absolute Gasteiger partial charge is 0.423 e. The molecule has 1 aromatic rings. The van der Waals surface area contributed by atoms with Crippen molar-refractivity contribution in [2.75, 3.05) is 14.1 Å². The van der Waals surface area contributed by atoms with Crippen LogP contribution in [0.1, 0.15) is 0 Å². The summed E-state index contributed by atoms with van der Waals surface area (Å²) in [5, 5.41) is 19.2. The van der Waals surface area contributed by atoms with Gasteiger partial charge in [0.1, 0.15) is 34.1 Å². The van der Waals surface area contributed by atoms with Gasteiger partial charge in [0.15, 0.2) is 0 Å². The van der Waals surface area contributed by atoms with E-state index >= 15 is 0 Å². The third-order valence-corrected chi connectivity index (χ3v) is 3.28. The first kappa shape index (κ1) is 24.3. The Labute approximate surface area is 168 Å². The van der Waals surface area contributed by atoms with Crippen LogP contribution in [0.4, 0.5) is 17.6 Å². The number of carbonyl (C=O) groups is 2. The highest BCUT2D eigenvalue weighted by molar-refractivity contribution is 6.20. The van der Waals surface area contributed by atoms with Crippen LogP contribution in [0.2, 0.25) is 0 Å². The maximum atomic E-state index is 12.7. The minimum Gasteiger partial charge on any atom is -0.423 e. The molecule has 0 atom stereocenters. The van der Waals surface area contributed by atoms with Crippen LogP contribution < -0.4 is 20.1 Å². The summed E-state index contributed by atoms with van der Waals surface area (Å²) in [7, 11) is 2.69. The third kappa shape index (κ3) is 6.72. The molecule has 1 rings (SSSR count). The van der Waals surface area contributed by atoms with Gasteiger partial charge in [0.05, 0.1) is 0 Å². The summed E-state index contributed by atoms with van der Waals surface area (Å²) in [6, 6.07) is 4.62. The Morgan fingerprint density at radius 1 is 0.800 bits per heavy atom. The number of alkyl halides is 4. The number of carbonyl (C=O) groups excluding carboxylic acids is 2. The van der Waals surface area contributed by atoms with Crippen molar-refractivity contribution in [1.82, 2.24) is 10.6 Å². The SMILES string of the molecule is CN/C=C(\C(=N)C(F)F)C(=O)Oc1ccc(OC(=O)/C(=C/NC)C(=N)C(F)F)cc1. The molecule has 0 aliphatic rings. The van der Waals surface area contributed by atoms with Gasteiger partial charge in [-0.2, -0.15) is 0 Å². The molecule has 12 heteroatoms. The summed E-state index contributed by atoms with van der Waals surface area (Å²) >= 11 is 0. The van der Waals surface area contributed by atoms with E-state index in [1.807, 2.05) is 0 Å². The number of ether oxygens (including phenoxy) is 2. The Bertz CT molecular complexity index is 796. The smallest absolute Gasteiger partial charge is 0.347 e. The zero-order valence-corrected chi connectivity index (χ0v) is 15.8. The fraction of sp³-hybridized carbons (Fsp3) is 0.222. The van der Waals surface area contributed by atoms with Gasteiger partial charge in [-0.05, 0) is 24.3 Å².